The molecular formula is C22H20BrNO2. The van der Waals surface area contributed by atoms with Crippen LogP contribution in [0.4, 0.5) is 0 Å². The van der Waals surface area contributed by atoms with Crippen LogP contribution in [0, 0.1) is 0 Å². The lowest BCUT2D eigenvalue weighted by Gasteiger charge is -2.22. The first kappa shape index (κ1) is 17.1. The molecule has 1 aliphatic rings. The lowest BCUT2D eigenvalue weighted by Crippen LogP contribution is -2.22. The minimum atomic E-state index is 0.123. The topological polar surface area (TPSA) is 30.5 Å². The summed E-state index contributed by atoms with van der Waals surface area (Å²) >= 11 is 3.66. The van der Waals surface area contributed by atoms with Crippen LogP contribution < -0.4 is 14.8 Å². The Kier molecular flexibility index (Phi) is 5.23. The zero-order chi connectivity index (χ0) is 17.8. The summed E-state index contributed by atoms with van der Waals surface area (Å²) in [6, 6.07) is 25.2. The SMILES string of the molecule is Brc1cc2c(cc1CNC(c1ccccc1)c1ccccc1)OCCO2. The molecule has 1 aliphatic heterocycles. The summed E-state index contributed by atoms with van der Waals surface area (Å²) in [6.45, 7) is 1.91. The Morgan fingerprint density at radius 1 is 0.808 bits per heavy atom. The van der Waals surface area contributed by atoms with Gasteiger partial charge in [0, 0.05) is 11.0 Å². The molecule has 0 bridgehead atoms. The highest BCUT2D eigenvalue weighted by atomic mass is 79.9. The van der Waals surface area contributed by atoms with Crippen molar-refractivity contribution in [1.82, 2.24) is 5.32 Å². The monoisotopic (exact) mass is 409 g/mol. The average molecular weight is 410 g/mol. The Bertz CT molecular complexity index is 829. The Balaban J connectivity index is 1.59. The molecular weight excluding hydrogens is 390 g/mol. The maximum atomic E-state index is 5.72. The van der Waals surface area contributed by atoms with Crippen LogP contribution >= 0.6 is 15.9 Å². The Morgan fingerprint density at radius 2 is 1.35 bits per heavy atom. The normalized spacial score (nSPS) is 13.0. The standard InChI is InChI=1S/C22H20BrNO2/c23-19-14-21-20(25-11-12-26-21)13-18(19)15-24-22(16-7-3-1-4-8-16)17-9-5-2-6-10-17/h1-10,13-14,22,24H,11-12,15H2. The number of fused-ring (bicyclic) bond motifs is 1. The number of hydrogen-bond donors (Lipinski definition) is 1. The van der Waals surface area contributed by atoms with Crippen LogP contribution in [0.15, 0.2) is 77.3 Å². The summed E-state index contributed by atoms with van der Waals surface area (Å²) in [5.74, 6) is 1.61. The molecule has 3 aromatic carbocycles. The number of hydrogen-bond acceptors (Lipinski definition) is 3. The van der Waals surface area contributed by atoms with Crippen molar-refractivity contribution >= 4 is 15.9 Å². The third-order valence-corrected chi connectivity index (χ3v) is 5.21. The fourth-order valence-corrected chi connectivity index (χ4v) is 3.64. The summed E-state index contributed by atoms with van der Waals surface area (Å²) in [5, 5.41) is 3.69. The minimum absolute atomic E-state index is 0.123. The van der Waals surface area contributed by atoms with E-state index in [0.717, 1.165) is 21.5 Å². The van der Waals surface area contributed by atoms with Crippen LogP contribution in [0.5, 0.6) is 11.5 Å². The molecule has 0 amide bonds. The number of benzene rings is 3. The molecule has 0 aromatic heterocycles. The average Bonchev–Trinajstić information content (AvgIpc) is 2.70. The summed E-state index contributed by atoms with van der Waals surface area (Å²) in [6.07, 6.45) is 0. The summed E-state index contributed by atoms with van der Waals surface area (Å²) in [7, 11) is 0. The zero-order valence-electron chi connectivity index (χ0n) is 14.3. The van der Waals surface area contributed by atoms with E-state index in [4.69, 9.17) is 9.47 Å². The summed E-state index contributed by atoms with van der Waals surface area (Å²) in [5.41, 5.74) is 3.63. The second kappa shape index (κ2) is 7.94. The van der Waals surface area contributed by atoms with Crippen LogP contribution in [0.1, 0.15) is 22.7 Å². The molecule has 4 heteroatoms. The molecule has 3 aromatic rings. The van der Waals surface area contributed by atoms with Crippen LogP contribution in [-0.4, -0.2) is 13.2 Å². The van der Waals surface area contributed by atoms with Gasteiger partial charge in [-0.25, -0.2) is 0 Å². The maximum Gasteiger partial charge on any atom is 0.162 e. The van der Waals surface area contributed by atoms with Crippen LogP contribution in [-0.2, 0) is 6.54 Å². The van der Waals surface area contributed by atoms with Crippen molar-refractivity contribution in [3.05, 3.63) is 94.0 Å². The van der Waals surface area contributed by atoms with E-state index in [0.29, 0.717) is 19.8 Å². The second-order valence-corrected chi connectivity index (χ2v) is 7.08. The first-order valence-corrected chi connectivity index (χ1v) is 9.52. The largest absolute Gasteiger partial charge is 0.486 e. The van der Waals surface area contributed by atoms with Crippen molar-refractivity contribution in [2.45, 2.75) is 12.6 Å². The van der Waals surface area contributed by atoms with E-state index in [1.165, 1.54) is 11.1 Å². The van der Waals surface area contributed by atoms with Crippen molar-refractivity contribution in [2.24, 2.45) is 0 Å². The van der Waals surface area contributed by atoms with Gasteiger partial charge in [-0.05, 0) is 28.8 Å². The highest BCUT2D eigenvalue weighted by molar-refractivity contribution is 9.10. The van der Waals surface area contributed by atoms with Gasteiger partial charge in [-0.3, -0.25) is 0 Å². The molecule has 0 atom stereocenters. The maximum absolute atomic E-state index is 5.72. The van der Waals surface area contributed by atoms with Crippen molar-refractivity contribution < 1.29 is 9.47 Å². The minimum Gasteiger partial charge on any atom is -0.486 e. The van der Waals surface area contributed by atoms with Gasteiger partial charge in [-0.2, -0.15) is 0 Å². The smallest absolute Gasteiger partial charge is 0.162 e. The molecule has 1 heterocycles. The van der Waals surface area contributed by atoms with Gasteiger partial charge < -0.3 is 14.8 Å². The van der Waals surface area contributed by atoms with Gasteiger partial charge in [0.15, 0.2) is 11.5 Å². The van der Waals surface area contributed by atoms with E-state index in [1.54, 1.807) is 0 Å². The highest BCUT2D eigenvalue weighted by Crippen LogP contribution is 2.36. The summed E-state index contributed by atoms with van der Waals surface area (Å²) < 4.78 is 12.4. The molecule has 0 radical (unpaired) electrons. The summed E-state index contributed by atoms with van der Waals surface area (Å²) in [4.78, 5) is 0. The number of rotatable bonds is 5. The predicted molar refractivity (Wildman–Crippen MR) is 107 cm³/mol. The van der Waals surface area contributed by atoms with E-state index >= 15 is 0 Å². The first-order chi connectivity index (χ1) is 12.8. The number of halogens is 1. The molecule has 132 valence electrons. The molecule has 0 spiro atoms. The van der Waals surface area contributed by atoms with Gasteiger partial charge in [0.25, 0.3) is 0 Å². The fourth-order valence-electron chi connectivity index (χ4n) is 3.17. The molecule has 0 aliphatic carbocycles. The van der Waals surface area contributed by atoms with Crippen molar-refractivity contribution in [3.8, 4) is 11.5 Å². The van der Waals surface area contributed by atoms with E-state index in [2.05, 4.69) is 75.8 Å². The Labute approximate surface area is 162 Å². The predicted octanol–water partition coefficient (Wildman–Crippen LogP) is 5.10. The molecule has 0 unspecified atom stereocenters. The van der Waals surface area contributed by atoms with Gasteiger partial charge in [-0.1, -0.05) is 76.6 Å². The molecule has 26 heavy (non-hydrogen) atoms. The van der Waals surface area contributed by atoms with Gasteiger partial charge in [0.05, 0.1) is 6.04 Å². The van der Waals surface area contributed by atoms with Gasteiger partial charge in [0.1, 0.15) is 13.2 Å². The second-order valence-electron chi connectivity index (χ2n) is 6.22. The Morgan fingerprint density at radius 3 is 1.92 bits per heavy atom. The molecule has 1 N–H and O–H groups in total. The van der Waals surface area contributed by atoms with Gasteiger partial charge in [-0.15, -0.1) is 0 Å². The quantitative estimate of drug-likeness (QED) is 0.635. The van der Waals surface area contributed by atoms with Crippen molar-refractivity contribution in [3.63, 3.8) is 0 Å². The van der Waals surface area contributed by atoms with E-state index in [-0.39, 0.29) is 6.04 Å². The third kappa shape index (κ3) is 3.76. The molecule has 0 saturated heterocycles. The van der Waals surface area contributed by atoms with E-state index < -0.39 is 0 Å². The van der Waals surface area contributed by atoms with Crippen molar-refractivity contribution in [1.29, 1.82) is 0 Å². The highest BCUT2D eigenvalue weighted by Gasteiger charge is 2.17. The molecule has 0 saturated carbocycles. The van der Waals surface area contributed by atoms with Gasteiger partial charge >= 0.3 is 0 Å². The van der Waals surface area contributed by atoms with Crippen LogP contribution in [0.3, 0.4) is 0 Å². The van der Waals surface area contributed by atoms with Crippen molar-refractivity contribution in [2.75, 3.05) is 13.2 Å². The molecule has 0 fully saturated rings. The van der Waals surface area contributed by atoms with E-state index in [9.17, 15) is 0 Å². The fraction of sp³-hybridized carbons (Fsp3) is 0.182. The van der Waals surface area contributed by atoms with E-state index in [1.807, 2.05) is 18.2 Å². The molecule has 4 rings (SSSR count). The van der Waals surface area contributed by atoms with Gasteiger partial charge in [0.2, 0.25) is 0 Å². The lowest BCUT2D eigenvalue weighted by molar-refractivity contribution is 0.171. The lowest BCUT2D eigenvalue weighted by atomic mass is 9.98. The van der Waals surface area contributed by atoms with Crippen LogP contribution in [0.25, 0.3) is 0 Å². The van der Waals surface area contributed by atoms with Crippen LogP contribution in [0.2, 0.25) is 0 Å². The zero-order valence-corrected chi connectivity index (χ0v) is 15.9. The first-order valence-electron chi connectivity index (χ1n) is 8.72. The Hall–Kier alpha value is -2.30. The number of nitrogens with one attached hydrogen (secondary N) is 1. The number of ether oxygens (including phenoxy) is 2. The third-order valence-electron chi connectivity index (χ3n) is 4.47. The molecule has 3 nitrogen and oxygen atoms in total.